The van der Waals surface area contributed by atoms with Gasteiger partial charge >= 0.3 is 0 Å². The summed E-state index contributed by atoms with van der Waals surface area (Å²) in [5.41, 5.74) is 3.88. The molecule has 0 atom stereocenters. The summed E-state index contributed by atoms with van der Waals surface area (Å²) in [7, 11) is 3.29. The zero-order chi connectivity index (χ0) is 29.4. The fourth-order valence-corrected chi connectivity index (χ4v) is 5.50. The van der Waals surface area contributed by atoms with Gasteiger partial charge in [0.15, 0.2) is 0 Å². The first kappa shape index (κ1) is 28.9. The molecule has 42 heavy (non-hydrogen) atoms. The summed E-state index contributed by atoms with van der Waals surface area (Å²) in [5.74, 6) is 1.51. The van der Waals surface area contributed by atoms with Gasteiger partial charge in [-0.2, -0.15) is 0 Å². The Morgan fingerprint density at radius 1 is 0.667 bits per heavy atom. The van der Waals surface area contributed by atoms with E-state index in [1.807, 2.05) is 97.3 Å². The molecular weight excluding hydrogens is 544 g/mol. The van der Waals surface area contributed by atoms with Gasteiger partial charge in [0.2, 0.25) is 11.4 Å². The van der Waals surface area contributed by atoms with Crippen LogP contribution in [0.3, 0.4) is 0 Å². The fraction of sp³-hybridized carbons (Fsp3) is 0.111. The largest absolute Gasteiger partial charge is 0.497 e. The molecule has 6 heteroatoms. The Hall–Kier alpha value is -4.65. The first-order valence-corrected chi connectivity index (χ1v) is 14.2. The van der Waals surface area contributed by atoms with Crippen LogP contribution in [0.5, 0.6) is 11.5 Å². The van der Waals surface area contributed by atoms with Crippen LogP contribution in [-0.2, 0) is 21.7 Å². The summed E-state index contributed by atoms with van der Waals surface area (Å²) in [6, 6.07) is 40.2. The van der Waals surface area contributed by atoms with Gasteiger partial charge in [-0.1, -0.05) is 78.9 Å². The predicted molar refractivity (Wildman–Crippen MR) is 165 cm³/mol. The second kappa shape index (κ2) is 13.3. The third kappa shape index (κ3) is 6.30. The van der Waals surface area contributed by atoms with Gasteiger partial charge in [-0.15, -0.1) is 0 Å². The first-order valence-electron chi connectivity index (χ1n) is 13.3. The summed E-state index contributed by atoms with van der Waals surface area (Å²) >= 11 is 1.12. The number of carbonyl (C=O) groups is 1. The zero-order valence-electron chi connectivity index (χ0n) is 23.3. The van der Waals surface area contributed by atoms with Crippen LogP contribution in [0.15, 0.2) is 132 Å². The number of methoxy groups -OCH3 is 2. The van der Waals surface area contributed by atoms with Crippen LogP contribution < -0.4 is 9.47 Å². The lowest BCUT2D eigenvalue weighted by Crippen LogP contribution is -2.32. The molecule has 0 aliphatic carbocycles. The molecule has 0 N–H and O–H groups in total. The quantitative estimate of drug-likeness (QED) is 0.120. The smallest absolute Gasteiger partial charge is 0.233 e. The van der Waals surface area contributed by atoms with Gasteiger partial charge in [-0.3, -0.25) is 9.59 Å². The molecule has 209 valence electrons. The third-order valence-electron chi connectivity index (χ3n) is 7.00. The Morgan fingerprint density at radius 3 is 1.69 bits per heavy atom. The average Bonchev–Trinajstić information content (AvgIpc) is 3.06. The number of hydrogen-bond donors (Lipinski definition) is 0. The lowest BCUT2D eigenvalue weighted by Gasteiger charge is -2.36. The van der Waals surface area contributed by atoms with Crippen molar-refractivity contribution in [3.63, 3.8) is 0 Å². The fourth-order valence-electron chi connectivity index (χ4n) is 4.76. The van der Waals surface area contributed by atoms with Crippen LogP contribution in [0.1, 0.15) is 38.2 Å². The average molecular weight is 574 g/mol. The molecule has 0 fully saturated rings. The van der Waals surface area contributed by atoms with Gasteiger partial charge < -0.3 is 14.2 Å². The summed E-state index contributed by atoms with van der Waals surface area (Å²) in [4.78, 5) is 24.4. The summed E-state index contributed by atoms with van der Waals surface area (Å²) in [5, 5.41) is -0.0830. The second-order valence-corrected chi connectivity index (χ2v) is 10.6. The minimum atomic E-state index is -0.935. The molecule has 1 radical (unpaired) electrons. The molecule has 0 amide bonds. The summed E-state index contributed by atoms with van der Waals surface area (Å²) in [6.45, 7) is 0.290. The highest BCUT2D eigenvalue weighted by molar-refractivity contribution is 8.14. The molecule has 0 unspecified atom stereocenters. The predicted octanol–water partition coefficient (Wildman–Crippen LogP) is 7.60. The standard InChI is InChI=1S/C36H29O5S/c1-39-32-18-14-30(15-19-32)36(29-6-4-3-5-7-29,31-16-20-33(40-2)21-17-31)41-25-27-8-12-28(13-9-27)35(38)42-34-22-10-26(24-37)11-23-34/h3-23H,25H2,1-2H3. The van der Waals surface area contributed by atoms with E-state index in [2.05, 4.69) is 12.1 Å². The molecule has 5 aromatic rings. The first-order chi connectivity index (χ1) is 20.5. The van der Waals surface area contributed by atoms with Crippen LogP contribution in [0.25, 0.3) is 0 Å². The molecule has 0 aliphatic rings. The lowest BCUT2D eigenvalue weighted by atomic mass is 9.80. The molecule has 5 nitrogen and oxygen atoms in total. The van der Waals surface area contributed by atoms with Crippen molar-refractivity contribution >= 4 is 23.2 Å². The van der Waals surface area contributed by atoms with Crippen molar-refractivity contribution < 1.29 is 23.8 Å². The molecule has 0 bridgehead atoms. The molecular formula is C36H29O5S. The SMILES string of the molecule is COc1ccc(C(OCc2ccc(C(=O)Sc3ccc([C]=O)cc3)cc2)(c2ccccc2)c2ccc(OC)cc2)cc1. The number of thioether (sulfide) groups is 1. The van der Waals surface area contributed by atoms with Crippen LogP contribution in [-0.4, -0.2) is 25.6 Å². The minimum Gasteiger partial charge on any atom is -0.497 e. The normalized spacial score (nSPS) is 11.1. The molecule has 0 saturated carbocycles. The highest BCUT2D eigenvalue weighted by Crippen LogP contribution is 2.42. The third-order valence-corrected chi connectivity index (χ3v) is 7.93. The molecule has 0 aliphatic heterocycles. The number of hydrogen-bond acceptors (Lipinski definition) is 6. The van der Waals surface area contributed by atoms with E-state index in [1.54, 1.807) is 38.5 Å². The van der Waals surface area contributed by atoms with Crippen molar-refractivity contribution in [2.24, 2.45) is 0 Å². The van der Waals surface area contributed by atoms with Crippen molar-refractivity contribution in [2.45, 2.75) is 17.1 Å². The highest BCUT2D eigenvalue weighted by Gasteiger charge is 2.38. The Balaban J connectivity index is 1.45. The van der Waals surface area contributed by atoms with E-state index in [0.29, 0.717) is 11.1 Å². The Morgan fingerprint density at radius 2 is 1.19 bits per heavy atom. The van der Waals surface area contributed by atoms with E-state index in [4.69, 9.17) is 14.2 Å². The van der Waals surface area contributed by atoms with E-state index in [1.165, 1.54) is 0 Å². The Labute approximate surface area is 250 Å². The van der Waals surface area contributed by atoms with E-state index >= 15 is 0 Å². The maximum Gasteiger partial charge on any atom is 0.233 e. The van der Waals surface area contributed by atoms with Crippen molar-refractivity contribution in [1.29, 1.82) is 0 Å². The van der Waals surface area contributed by atoms with E-state index in [0.717, 1.165) is 50.4 Å². The van der Waals surface area contributed by atoms with Crippen LogP contribution >= 0.6 is 11.8 Å². The molecule has 0 aromatic heterocycles. The van der Waals surface area contributed by atoms with Gasteiger partial charge in [0, 0.05) is 16.0 Å². The lowest BCUT2D eigenvalue weighted by molar-refractivity contribution is 0.000188. The van der Waals surface area contributed by atoms with Gasteiger partial charge in [0.1, 0.15) is 17.1 Å². The van der Waals surface area contributed by atoms with Gasteiger partial charge in [-0.05, 0) is 82.5 Å². The van der Waals surface area contributed by atoms with Crippen molar-refractivity contribution in [1.82, 2.24) is 0 Å². The minimum absolute atomic E-state index is 0.0830. The molecule has 0 spiro atoms. The summed E-state index contributed by atoms with van der Waals surface area (Å²) < 4.78 is 17.8. The zero-order valence-corrected chi connectivity index (χ0v) is 24.1. The number of rotatable bonds is 11. The molecule has 5 aromatic carbocycles. The van der Waals surface area contributed by atoms with Crippen molar-refractivity contribution in [3.8, 4) is 11.5 Å². The van der Waals surface area contributed by atoms with Crippen molar-refractivity contribution in [2.75, 3.05) is 14.2 Å². The summed E-state index contributed by atoms with van der Waals surface area (Å²) in [6.07, 6.45) is 1.84. The second-order valence-electron chi connectivity index (χ2n) is 9.51. The topological polar surface area (TPSA) is 61.8 Å². The maximum absolute atomic E-state index is 12.9. The Bertz CT molecular complexity index is 1570. The van der Waals surface area contributed by atoms with Crippen LogP contribution in [0.2, 0.25) is 0 Å². The van der Waals surface area contributed by atoms with E-state index in [-0.39, 0.29) is 11.7 Å². The monoisotopic (exact) mass is 573 g/mol. The molecule has 0 saturated heterocycles. The number of carbonyl (C=O) groups excluding carboxylic acids is 2. The van der Waals surface area contributed by atoms with Gasteiger partial charge in [0.05, 0.1) is 20.8 Å². The highest BCUT2D eigenvalue weighted by atomic mass is 32.2. The van der Waals surface area contributed by atoms with Gasteiger partial charge in [-0.25, -0.2) is 0 Å². The Kier molecular flexibility index (Phi) is 9.17. The number of ether oxygens (including phenoxy) is 3. The van der Waals surface area contributed by atoms with Crippen LogP contribution in [0, 0.1) is 0 Å². The van der Waals surface area contributed by atoms with Crippen LogP contribution in [0.4, 0.5) is 0 Å². The molecule has 5 rings (SSSR count). The van der Waals surface area contributed by atoms with E-state index < -0.39 is 5.60 Å². The maximum atomic E-state index is 12.9. The number of benzene rings is 5. The molecule has 0 heterocycles. The van der Waals surface area contributed by atoms with Gasteiger partial charge in [0.25, 0.3) is 0 Å². The van der Waals surface area contributed by atoms with Crippen molar-refractivity contribution in [3.05, 3.63) is 161 Å². The van der Waals surface area contributed by atoms with E-state index in [9.17, 15) is 9.59 Å².